The number of hydrogen-bond acceptors (Lipinski definition) is 1. The van der Waals surface area contributed by atoms with Crippen molar-refractivity contribution in [3.05, 3.63) is 34.1 Å². The second-order valence-corrected chi connectivity index (χ2v) is 3.43. The summed E-state index contributed by atoms with van der Waals surface area (Å²) in [5, 5.41) is 8.03. The van der Waals surface area contributed by atoms with Gasteiger partial charge in [-0.1, -0.05) is 11.6 Å². The monoisotopic (exact) mass is 256 g/mol. The van der Waals surface area contributed by atoms with E-state index in [0.717, 1.165) is 6.07 Å². The molecule has 1 rings (SSSR count). The first-order valence-electron chi connectivity index (χ1n) is 3.98. The third-order valence-electron chi connectivity index (χ3n) is 1.76. The van der Waals surface area contributed by atoms with E-state index in [1.165, 1.54) is 0 Å². The van der Waals surface area contributed by atoms with E-state index in [-0.39, 0.29) is 5.02 Å². The van der Waals surface area contributed by atoms with Crippen molar-refractivity contribution < 1.29 is 27.5 Å². The summed E-state index contributed by atoms with van der Waals surface area (Å²) in [5.74, 6) is -3.03. The van der Waals surface area contributed by atoms with Crippen LogP contribution in [-0.4, -0.2) is 11.1 Å². The van der Waals surface area contributed by atoms with Gasteiger partial charge < -0.3 is 5.11 Å². The first-order chi connectivity index (χ1) is 7.21. The zero-order valence-electron chi connectivity index (χ0n) is 7.61. The number of carboxylic acid groups (broad SMARTS) is 1. The van der Waals surface area contributed by atoms with E-state index >= 15 is 0 Å². The normalized spacial score (nSPS) is 11.6. The van der Waals surface area contributed by atoms with Crippen molar-refractivity contribution in [3.8, 4) is 0 Å². The van der Waals surface area contributed by atoms with Gasteiger partial charge in [0, 0.05) is 10.6 Å². The van der Waals surface area contributed by atoms with Crippen LogP contribution in [-0.2, 0) is 17.4 Å². The fraction of sp³-hybridized carbons (Fsp3) is 0.222. The molecule has 16 heavy (non-hydrogen) atoms. The SMILES string of the molecule is O=C(O)Cc1cc(Cl)cc(C(F)(F)F)c1F. The van der Waals surface area contributed by atoms with Gasteiger partial charge >= 0.3 is 12.1 Å². The molecule has 0 amide bonds. The first kappa shape index (κ1) is 12.8. The number of carbonyl (C=O) groups is 1. The van der Waals surface area contributed by atoms with Crippen LogP contribution in [0.1, 0.15) is 11.1 Å². The Labute approximate surface area is 92.4 Å². The predicted octanol–water partition coefficient (Wildman–Crippen LogP) is 3.13. The minimum Gasteiger partial charge on any atom is -0.481 e. The van der Waals surface area contributed by atoms with Gasteiger partial charge in [0.15, 0.2) is 0 Å². The number of halogens is 5. The molecular formula is C9H5ClF4O2. The van der Waals surface area contributed by atoms with Crippen molar-refractivity contribution in [1.29, 1.82) is 0 Å². The van der Waals surface area contributed by atoms with Crippen LogP contribution in [0.5, 0.6) is 0 Å². The molecule has 1 aromatic rings. The molecule has 0 bridgehead atoms. The van der Waals surface area contributed by atoms with Crippen molar-refractivity contribution >= 4 is 17.6 Å². The molecule has 0 fully saturated rings. The highest BCUT2D eigenvalue weighted by Gasteiger charge is 2.35. The summed E-state index contributed by atoms with van der Waals surface area (Å²) in [4.78, 5) is 10.3. The topological polar surface area (TPSA) is 37.3 Å². The standard InChI is InChI=1S/C9H5ClF4O2/c10-5-1-4(2-7(15)16)8(11)6(3-5)9(12,13)14/h1,3H,2H2,(H,15,16). The van der Waals surface area contributed by atoms with Crippen molar-refractivity contribution in [3.63, 3.8) is 0 Å². The first-order valence-corrected chi connectivity index (χ1v) is 4.36. The Hall–Kier alpha value is -1.30. The highest BCUT2D eigenvalue weighted by molar-refractivity contribution is 6.30. The summed E-state index contributed by atoms with van der Waals surface area (Å²) < 4.78 is 50.2. The molecule has 0 radical (unpaired) electrons. The molecule has 7 heteroatoms. The van der Waals surface area contributed by atoms with Gasteiger partial charge in [-0.3, -0.25) is 4.79 Å². The summed E-state index contributed by atoms with van der Waals surface area (Å²) in [6.07, 6.45) is -5.75. The van der Waals surface area contributed by atoms with Gasteiger partial charge in [-0.15, -0.1) is 0 Å². The Bertz CT molecular complexity index is 428. The lowest BCUT2D eigenvalue weighted by atomic mass is 10.1. The predicted molar refractivity (Wildman–Crippen MR) is 47.8 cm³/mol. The number of rotatable bonds is 2. The molecule has 0 aliphatic rings. The fourth-order valence-electron chi connectivity index (χ4n) is 1.14. The summed E-state index contributed by atoms with van der Waals surface area (Å²) in [6, 6.07) is 1.28. The Morgan fingerprint density at radius 1 is 1.38 bits per heavy atom. The van der Waals surface area contributed by atoms with E-state index < -0.39 is 35.5 Å². The second-order valence-electron chi connectivity index (χ2n) is 2.99. The van der Waals surface area contributed by atoms with Crippen LogP contribution in [0.2, 0.25) is 5.02 Å². The molecule has 0 saturated heterocycles. The molecule has 1 aromatic carbocycles. The molecule has 0 aliphatic heterocycles. The summed E-state index contributed by atoms with van der Waals surface area (Å²) in [7, 11) is 0. The van der Waals surface area contributed by atoms with E-state index in [1.54, 1.807) is 0 Å². The zero-order valence-corrected chi connectivity index (χ0v) is 8.36. The van der Waals surface area contributed by atoms with Gasteiger partial charge in [-0.25, -0.2) is 4.39 Å². The molecule has 0 aliphatic carbocycles. The summed E-state index contributed by atoms with van der Waals surface area (Å²) in [6.45, 7) is 0. The Morgan fingerprint density at radius 3 is 2.38 bits per heavy atom. The van der Waals surface area contributed by atoms with Gasteiger partial charge in [-0.2, -0.15) is 13.2 Å². The van der Waals surface area contributed by atoms with Crippen molar-refractivity contribution in [2.75, 3.05) is 0 Å². The van der Waals surface area contributed by atoms with Crippen molar-refractivity contribution in [2.24, 2.45) is 0 Å². The highest BCUT2D eigenvalue weighted by Crippen LogP contribution is 2.34. The Morgan fingerprint density at radius 2 is 1.94 bits per heavy atom. The molecule has 1 N–H and O–H groups in total. The molecule has 2 nitrogen and oxygen atoms in total. The van der Waals surface area contributed by atoms with Gasteiger partial charge in [0.2, 0.25) is 0 Å². The number of benzene rings is 1. The van der Waals surface area contributed by atoms with Crippen molar-refractivity contribution in [1.82, 2.24) is 0 Å². The smallest absolute Gasteiger partial charge is 0.419 e. The zero-order chi connectivity index (χ0) is 12.5. The van der Waals surface area contributed by atoms with E-state index in [1.807, 2.05) is 0 Å². The van der Waals surface area contributed by atoms with Gasteiger partial charge in [0.1, 0.15) is 5.82 Å². The third-order valence-corrected chi connectivity index (χ3v) is 1.98. The van der Waals surface area contributed by atoms with Crippen LogP contribution < -0.4 is 0 Å². The number of carboxylic acids is 1. The molecular weight excluding hydrogens is 252 g/mol. The Balaban J connectivity index is 3.32. The maximum Gasteiger partial charge on any atom is 0.419 e. The molecule has 0 spiro atoms. The summed E-state index contributed by atoms with van der Waals surface area (Å²) in [5.41, 5.74) is -2.15. The second kappa shape index (κ2) is 4.29. The molecule has 0 aromatic heterocycles. The van der Waals surface area contributed by atoms with Crippen LogP contribution in [0.25, 0.3) is 0 Å². The van der Waals surface area contributed by atoms with Crippen LogP contribution >= 0.6 is 11.6 Å². The number of aliphatic carboxylic acids is 1. The van der Waals surface area contributed by atoms with Crippen LogP contribution in [0.4, 0.5) is 17.6 Å². The fourth-order valence-corrected chi connectivity index (χ4v) is 1.38. The quantitative estimate of drug-likeness (QED) is 0.826. The number of alkyl halides is 3. The highest BCUT2D eigenvalue weighted by atomic mass is 35.5. The van der Waals surface area contributed by atoms with E-state index in [0.29, 0.717) is 6.07 Å². The minimum atomic E-state index is -4.90. The lowest BCUT2D eigenvalue weighted by Crippen LogP contribution is -2.12. The lowest BCUT2D eigenvalue weighted by Gasteiger charge is -2.11. The molecule has 0 saturated carbocycles. The Kier molecular flexibility index (Phi) is 3.42. The summed E-state index contributed by atoms with van der Waals surface area (Å²) >= 11 is 5.35. The largest absolute Gasteiger partial charge is 0.481 e. The van der Waals surface area contributed by atoms with Gasteiger partial charge in [-0.05, 0) is 12.1 Å². The number of hydrogen-bond donors (Lipinski definition) is 1. The average molecular weight is 257 g/mol. The molecule has 0 atom stereocenters. The average Bonchev–Trinajstić information content (AvgIpc) is 2.07. The third kappa shape index (κ3) is 2.85. The maximum absolute atomic E-state index is 13.3. The molecule has 88 valence electrons. The van der Waals surface area contributed by atoms with E-state index in [4.69, 9.17) is 16.7 Å². The van der Waals surface area contributed by atoms with Crippen LogP contribution in [0.3, 0.4) is 0 Å². The van der Waals surface area contributed by atoms with Gasteiger partial charge in [0.05, 0.1) is 12.0 Å². The van der Waals surface area contributed by atoms with Crippen LogP contribution in [0.15, 0.2) is 12.1 Å². The van der Waals surface area contributed by atoms with Crippen LogP contribution in [0, 0.1) is 5.82 Å². The molecule has 0 heterocycles. The lowest BCUT2D eigenvalue weighted by molar-refractivity contribution is -0.141. The van der Waals surface area contributed by atoms with Gasteiger partial charge in [0.25, 0.3) is 0 Å². The maximum atomic E-state index is 13.3. The van der Waals surface area contributed by atoms with E-state index in [2.05, 4.69) is 0 Å². The molecule has 0 unspecified atom stereocenters. The van der Waals surface area contributed by atoms with E-state index in [9.17, 15) is 22.4 Å². The minimum absolute atomic E-state index is 0.357. The van der Waals surface area contributed by atoms with Crippen molar-refractivity contribution in [2.45, 2.75) is 12.6 Å².